The van der Waals surface area contributed by atoms with Crippen LogP contribution in [0.25, 0.3) is 10.2 Å². The highest BCUT2D eigenvalue weighted by atomic mass is 32.1. The van der Waals surface area contributed by atoms with Gasteiger partial charge in [-0.05, 0) is 43.8 Å². The first-order valence-corrected chi connectivity index (χ1v) is 8.00. The van der Waals surface area contributed by atoms with Gasteiger partial charge in [-0.2, -0.15) is 0 Å². The predicted octanol–water partition coefficient (Wildman–Crippen LogP) is 4.01. The van der Waals surface area contributed by atoms with Crippen molar-refractivity contribution in [3.8, 4) is 0 Å². The minimum absolute atomic E-state index is 0.0875. The first-order valence-electron chi connectivity index (χ1n) is 7.12. The molecule has 6 heteroatoms. The number of nitrogens with one attached hydrogen (secondary N) is 1. The standard InChI is InChI=1S/C16H19N3O2S/c1-9-8-22-16-14(9)15(17-11(3)18-16)19-12(7-20-4)13-6-5-10(2)21-13/h5-6,8,12H,7H2,1-4H3,(H,17,18,19). The number of methoxy groups -OCH3 is 1. The topological polar surface area (TPSA) is 60.2 Å². The summed E-state index contributed by atoms with van der Waals surface area (Å²) < 4.78 is 11.1. The monoisotopic (exact) mass is 317 g/mol. The van der Waals surface area contributed by atoms with Gasteiger partial charge in [-0.15, -0.1) is 11.3 Å². The van der Waals surface area contributed by atoms with E-state index in [-0.39, 0.29) is 6.04 Å². The van der Waals surface area contributed by atoms with Crippen molar-refractivity contribution in [3.63, 3.8) is 0 Å². The zero-order chi connectivity index (χ0) is 15.7. The zero-order valence-electron chi connectivity index (χ0n) is 13.1. The molecule has 1 N–H and O–H groups in total. The molecule has 3 rings (SSSR count). The molecular weight excluding hydrogens is 298 g/mol. The average molecular weight is 317 g/mol. The van der Waals surface area contributed by atoms with Gasteiger partial charge in [0.1, 0.15) is 34.0 Å². The van der Waals surface area contributed by atoms with Crippen LogP contribution >= 0.6 is 11.3 Å². The Kier molecular flexibility index (Phi) is 4.13. The normalized spacial score (nSPS) is 12.7. The Balaban J connectivity index is 2.00. The van der Waals surface area contributed by atoms with Crippen molar-refractivity contribution in [1.82, 2.24) is 9.97 Å². The van der Waals surface area contributed by atoms with Gasteiger partial charge in [-0.25, -0.2) is 9.97 Å². The molecule has 0 bridgehead atoms. The van der Waals surface area contributed by atoms with Gasteiger partial charge >= 0.3 is 0 Å². The molecule has 0 radical (unpaired) electrons. The van der Waals surface area contributed by atoms with Gasteiger partial charge in [0.2, 0.25) is 0 Å². The predicted molar refractivity (Wildman–Crippen MR) is 88.6 cm³/mol. The third-order valence-corrected chi connectivity index (χ3v) is 4.47. The average Bonchev–Trinajstić information content (AvgIpc) is 3.05. The smallest absolute Gasteiger partial charge is 0.139 e. The van der Waals surface area contributed by atoms with Crippen LogP contribution in [0.2, 0.25) is 0 Å². The summed E-state index contributed by atoms with van der Waals surface area (Å²) in [7, 11) is 1.68. The van der Waals surface area contributed by atoms with Crippen LogP contribution < -0.4 is 5.32 Å². The van der Waals surface area contributed by atoms with E-state index >= 15 is 0 Å². The zero-order valence-corrected chi connectivity index (χ0v) is 14.0. The van der Waals surface area contributed by atoms with Gasteiger partial charge in [-0.3, -0.25) is 0 Å². The minimum Gasteiger partial charge on any atom is -0.464 e. The van der Waals surface area contributed by atoms with E-state index in [4.69, 9.17) is 9.15 Å². The number of rotatable bonds is 5. The molecule has 116 valence electrons. The summed E-state index contributed by atoms with van der Waals surface area (Å²) >= 11 is 1.64. The molecule has 3 aromatic rings. The molecule has 0 aromatic carbocycles. The van der Waals surface area contributed by atoms with Gasteiger partial charge in [0, 0.05) is 7.11 Å². The number of hydrogen-bond donors (Lipinski definition) is 1. The van der Waals surface area contributed by atoms with Crippen LogP contribution in [0.5, 0.6) is 0 Å². The second kappa shape index (κ2) is 6.06. The molecule has 22 heavy (non-hydrogen) atoms. The van der Waals surface area contributed by atoms with Crippen molar-refractivity contribution in [2.24, 2.45) is 0 Å². The van der Waals surface area contributed by atoms with Crippen molar-refractivity contribution in [2.45, 2.75) is 26.8 Å². The van der Waals surface area contributed by atoms with Crippen molar-refractivity contribution in [3.05, 3.63) is 40.4 Å². The van der Waals surface area contributed by atoms with Crippen molar-refractivity contribution >= 4 is 27.4 Å². The van der Waals surface area contributed by atoms with Crippen molar-refractivity contribution in [2.75, 3.05) is 19.0 Å². The largest absolute Gasteiger partial charge is 0.464 e. The number of thiophene rings is 1. The highest BCUT2D eigenvalue weighted by Gasteiger charge is 2.19. The lowest BCUT2D eigenvalue weighted by Crippen LogP contribution is -2.17. The summed E-state index contributed by atoms with van der Waals surface area (Å²) in [5.74, 6) is 3.31. The highest BCUT2D eigenvalue weighted by Crippen LogP contribution is 2.31. The molecule has 3 aromatic heterocycles. The fourth-order valence-corrected chi connectivity index (χ4v) is 3.43. The maximum Gasteiger partial charge on any atom is 0.139 e. The Morgan fingerprint density at radius 2 is 2.09 bits per heavy atom. The van der Waals surface area contributed by atoms with Crippen LogP contribution in [0, 0.1) is 20.8 Å². The van der Waals surface area contributed by atoms with Gasteiger partial charge in [0.25, 0.3) is 0 Å². The quantitative estimate of drug-likeness (QED) is 0.770. The summed E-state index contributed by atoms with van der Waals surface area (Å²) in [5, 5.41) is 6.63. The lowest BCUT2D eigenvalue weighted by atomic mass is 10.2. The van der Waals surface area contributed by atoms with E-state index in [0.29, 0.717) is 6.61 Å². The number of aryl methyl sites for hydroxylation is 3. The number of fused-ring (bicyclic) bond motifs is 1. The molecule has 0 aliphatic carbocycles. The summed E-state index contributed by atoms with van der Waals surface area (Å²) in [6, 6.07) is 3.84. The van der Waals surface area contributed by atoms with E-state index in [1.165, 1.54) is 5.56 Å². The van der Waals surface area contributed by atoms with Crippen LogP contribution in [0.3, 0.4) is 0 Å². The van der Waals surface area contributed by atoms with Gasteiger partial charge in [-0.1, -0.05) is 0 Å². The number of anilines is 1. The summed E-state index contributed by atoms with van der Waals surface area (Å²) in [5.41, 5.74) is 1.18. The number of furan rings is 1. The third-order valence-electron chi connectivity index (χ3n) is 3.48. The molecule has 3 heterocycles. The summed E-state index contributed by atoms with van der Waals surface area (Å²) in [6.07, 6.45) is 0. The second-order valence-corrected chi connectivity index (χ2v) is 6.18. The maximum absolute atomic E-state index is 5.74. The highest BCUT2D eigenvalue weighted by molar-refractivity contribution is 7.17. The Morgan fingerprint density at radius 3 is 2.77 bits per heavy atom. The first kappa shape index (κ1) is 15.0. The fourth-order valence-electron chi connectivity index (χ4n) is 2.46. The molecular formula is C16H19N3O2S. The molecule has 0 aliphatic rings. The number of hydrogen-bond acceptors (Lipinski definition) is 6. The van der Waals surface area contributed by atoms with Crippen LogP contribution in [0.15, 0.2) is 21.9 Å². The van der Waals surface area contributed by atoms with E-state index < -0.39 is 0 Å². The Labute approximate surface area is 133 Å². The van der Waals surface area contributed by atoms with Gasteiger partial charge in [0.05, 0.1) is 12.0 Å². The lowest BCUT2D eigenvalue weighted by Gasteiger charge is -2.17. The van der Waals surface area contributed by atoms with E-state index in [2.05, 4.69) is 27.6 Å². The van der Waals surface area contributed by atoms with Crippen molar-refractivity contribution in [1.29, 1.82) is 0 Å². The lowest BCUT2D eigenvalue weighted by molar-refractivity contribution is 0.178. The van der Waals surface area contributed by atoms with E-state index in [9.17, 15) is 0 Å². The molecule has 5 nitrogen and oxygen atoms in total. The van der Waals surface area contributed by atoms with Crippen LogP contribution in [0.1, 0.15) is 29.0 Å². The molecule has 1 atom stereocenters. The molecule has 0 fully saturated rings. The van der Waals surface area contributed by atoms with E-state index in [1.807, 2.05) is 26.0 Å². The molecule has 0 spiro atoms. The Hall–Kier alpha value is -1.92. The Bertz CT molecular complexity index is 794. The summed E-state index contributed by atoms with van der Waals surface area (Å²) in [6.45, 7) is 6.41. The molecule has 1 unspecified atom stereocenters. The molecule has 0 amide bonds. The first-order chi connectivity index (χ1) is 10.6. The third kappa shape index (κ3) is 2.84. The van der Waals surface area contributed by atoms with E-state index in [0.717, 1.165) is 33.4 Å². The number of aromatic nitrogens is 2. The number of nitrogens with zero attached hydrogens (tertiary/aromatic N) is 2. The fraction of sp³-hybridized carbons (Fsp3) is 0.375. The molecule has 0 saturated heterocycles. The van der Waals surface area contributed by atoms with Crippen LogP contribution in [-0.2, 0) is 4.74 Å². The van der Waals surface area contributed by atoms with Gasteiger partial charge in [0.15, 0.2) is 0 Å². The minimum atomic E-state index is -0.0875. The SMILES string of the molecule is COCC(Nc1nc(C)nc2scc(C)c12)c1ccc(C)o1. The number of ether oxygens (including phenoxy) is 1. The molecule has 0 saturated carbocycles. The maximum atomic E-state index is 5.74. The van der Waals surface area contributed by atoms with Crippen molar-refractivity contribution < 1.29 is 9.15 Å². The van der Waals surface area contributed by atoms with Gasteiger partial charge < -0.3 is 14.5 Å². The Morgan fingerprint density at radius 1 is 1.27 bits per heavy atom. The van der Waals surface area contributed by atoms with Crippen LogP contribution in [-0.4, -0.2) is 23.7 Å². The second-order valence-electron chi connectivity index (χ2n) is 5.32. The van der Waals surface area contributed by atoms with Crippen LogP contribution in [0.4, 0.5) is 5.82 Å². The van der Waals surface area contributed by atoms with E-state index in [1.54, 1.807) is 18.4 Å². The molecule has 0 aliphatic heterocycles. The summed E-state index contributed by atoms with van der Waals surface area (Å²) in [4.78, 5) is 10.1.